The highest BCUT2D eigenvalue weighted by Gasteiger charge is 2.24. The van der Waals surface area contributed by atoms with Crippen molar-refractivity contribution in [1.29, 1.82) is 0 Å². The van der Waals surface area contributed by atoms with Gasteiger partial charge in [-0.3, -0.25) is 0 Å². The summed E-state index contributed by atoms with van der Waals surface area (Å²) < 4.78 is 6.39. The van der Waals surface area contributed by atoms with Crippen molar-refractivity contribution >= 4 is 75.5 Å². The monoisotopic (exact) mass is 641 g/mol. The van der Waals surface area contributed by atoms with Crippen molar-refractivity contribution in [2.24, 2.45) is 0 Å². The number of hydrogen-bond donors (Lipinski definition) is 0. The molecule has 40 heavy (non-hydrogen) atoms. The van der Waals surface area contributed by atoms with Crippen LogP contribution in [0.25, 0.3) is 66.1 Å². The van der Waals surface area contributed by atoms with Crippen LogP contribution in [0.1, 0.15) is 0 Å². The number of halogens is 2. The minimum absolute atomic E-state index is 0.784. The van der Waals surface area contributed by atoms with E-state index in [1.807, 2.05) is 0 Å². The molecule has 3 heterocycles. The molecular weight excluding hydrogens is 622 g/mol. The second-order valence-electron chi connectivity index (χ2n) is 9.92. The molecule has 0 saturated heterocycles. The maximum atomic E-state index is 4.59. The van der Waals surface area contributed by atoms with Gasteiger partial charge in [0, 0.05) is 38.5 Å². The van der Waals surface area contributed by atoms with Crippen molar-refractivity contribution in [2.45, 2.75) is 0 Å². The van der Waals surface area contributed by atoms with E-state index >= 15 is 0 Å². The van der Waals surface area contributed by atoms with Gasteiger partial charge in [-0.15, -0.1) is 0 Å². The maximum absolute atomic E-state index is 4.59. The molecule has 3 nitrogen and oxygen atoms in total. The summed E-state index contributed by atoms with van der Waals surface area (Å²) in [5.74, 6) is 0. The lowest BCUT2D eigenvalue weighted by molar-refractivity contribution is 1.16. The summed E-state index contributed by atoms with van der Waals surface area (Å²) in [6.07, 6.45) is 0. The average Bonchev–Trinajstić information content (AvgIpc) is 3.49. The third-order valence-electron chi connectivity index (χ3n) is 7.67. The minimum Gasteiger partial charge on any atom is -0.309 e. The Balaban J connectivity index is 1.71. The standard InChI is InChI=1S/C35H21Br2N3/c36-31-19-22(20-32(37)38-31)33-34-27(25-15-7-9-17-29(25)39(34)23-11-3-1-4-12-23)21-28-26-16-8-10-18-30(26)40(35(28)33)24-13-5-2-6-14-24/h1-21H. The van der Waals surface area contributed by atoms with Crippen molar-refractivity contribution in [3.8, 4) is 22.5 Å². The molecule has 0 bridgehead atoms. The van der Waals surface area contributed by atoms with Gasteiger partial charge < -0.3 is 9.13 Å². The van der Waals surface area contributed by atoms with Crippen LogP contribution in [0.2, 0.25) is 0 Å². The first-order valence-corrected chi connectivity index (χ1v) is 14.7. The normalized spacial score (nSPS) is 11.8. The minimum atomic E-state index is 0.784. The van der Waals surface area contributed by atoms with Gasteiger partial charge in [0.05, 0.1) is 22.1 Å². The van der Waals surface area contributed by atoms with E-state index in [0.717, 1.165) is 31.7 Å². The fraction of sp³-hybridized carbons (Fsp3) is 0. The predicted molar refractivity (Wildman–Crippen MR) is 174 cm³/mol. The Hall–Kier alpha value is -4.19. The van der Waals surface area contributed by atoms with E-state index < -0.39 is 0 Å². The van der Waals surface area contributed by atoms with E-state index in [1.165, 1.54) is 43.6 Å². The number of aromatic nitrogens is 3. The zero-order valence-corrected chi connectivity index (χ0v) is 24.4. The lowest BCUT2D eigenvalue weighted by Crippen LogP contribution is -1.99. The highest BCUT2D eigenvalue weighted by molar-refractivity contribution is 9.11. The molecule has 3 aromatic heterocycles. The van der Waals surface area contributed by atoms with Gasteiger partial charge in [0.25, 0.3) is 0 Å². The first kappa shape index (κ1) is 23.7. The van der Waals surface area contributed by atoms with Crippen molar-refractivity contribution in [3.63, 3.8) is 0 Å². The third-order valence-corrected chi connectivity index (χ3v) is 8.48. The van der Waals surface area contributed by atoms with Crippen LogP contribution in [0.4, 0.5) is 0 Å². The highest BCUT2D eigenvalue weighted by Crippen LogP contribution is 2.46. The van der Waals surface area contributed by atoms with Gasteiger partial charge in [0.2, 0.25) is 0 Å². The molecule has 0 atom stereocenters. The fourth-order valence-corrected chi connectivity index (χ4v) is 7.26. The van der Waals surface area contributed by atoms with Crippen LogP contribution in [0, 0.1) is 0 Å². The number of fused-ring (bicyclic) bond motifs is 6. The number of hydrogen-bond acceptors (Lipinski definition) is 1. The molecule has 8 rings (SSSR count). The van der Waals surface area contributed by atoms with E-state index in [1.54, 1.807) is 0 Å². The summed E-state index contributed by atoms with van der Waals surface area (Å²) >= 11 is 7.36. The molecule has 0 aliphatic rings. The van der Waals surface area contributed by atoms with Crippen LogP contribution in [0.3, 0.4) is 0 Å². The first-order valence-electron chi connectivity index (χ1n) is 13.1. The van der Waals surface area contributed by atoms with E-state index in [4.69, 9.17) is 0 Å². The Labute approximate surface area is 247 Å². The van der Waals surface area contributed by atoms with Crippen LogP contribution < -0.4 is 0 Å². The first-order chi connectivity index (χ1) is 19.7. The van der Waals surface area contributed by atoms with Crippen LogP contribution in [-0.2, 0) is 0 Å². The zero-order valence-electron chi connectivity index (χ0n) is 21.2. The second kappa shape index (κ2) is 9.19. The lowest BCUT2D eigenvalue weighted by atomic mass is 9.98. The molecule has 0 saturated carbocycles. The Kier molecular flexibility index (Phi) is 5.44. The largest absolute Gasteiger partial charge is 0.309 e. The van der Waals surface area contributed by atoms with Gasteiger partial charge in [0.15, 0.2) is 0 Å². The molecule has 190 valence electrons. The molecule has 0 radical (unpaired) electrons. The van der Waals surface area contributed by atoms with Crippen molar-refractivity contribution in [3.05, 3.63) is 137 Å². The van der Waals surface area contributed by atoms with Gasteiger partial charge in [-0.25, -0.2) is 4.98 Å². The van der Waals surface area contributed by atoms with Gasteiger partial charge in [0.1, 0.15) is 9.21 Å². The van der Waals surface area contributed by atoms with Gasteiger partial charge >= 0.3 is 0 Å². The third kappa shape index (κ3) is 3.51. The quantitative estimate of drug-likeness (QED) is 0.176. The molecule has 5 aromatic carbocycles. The second-order valence-corrected chi connectivity index (χ2v) is 11.5. The summed E-state index contributed by atoms with van der Waals surface area (Å²) in [4.78, 5) is 4.59. The Morgan fingerprint density at radius 3 is 1.35 bits per heavy atom. The Bertz CT molecular complexity index is 2080. The van der Waals surface area contributed by atoms with Crippen LogP contribution in [0.5, 0.6) is 0 Å². The Morgan fingerprint density at radius 2 is 0.875 bits per heavy atom. The van der Waals surface area contributed by atoms with E-state index in [-0.39, 0.29) is 0 Å². The molecule has 0 spiro atoms. The number of pyridine rings is 1. The maximum Gasteiger partial charge on any atom is 0.108 e. The van der Waals surface area contributed by atoms with Gasteiger partial charge in [-0.2, -0.15) is 0 Å². The van der Waals surface area contributed by atoms with Crippen molar-refractivity contribution in [2.75, 3.05) is 0 Å². The molecule has 0 aliphatic heterocycles. The van der Waals surface area contributed by atoms with Crippen LogP contribution >= 0.6 is 31.9 Å². The molecule has 5 heteroatoms. The fourth-order valence-electron chi connectivity index (χ4n) is 6.14. The predicted octanol–water partition coefficient (Wildman–Crippen LogP) is 10.5. The van der Waals surface area contributed by atoms with Gasteiger partial charge in [-0.05, 0) is 92.0 Å². The average molecular weight is 643 g/mol. The summed E-state index contributed by atoms with van der Waals surface area (Å²) in [6, 6.07) is 45.4. The van der Waals surface area contributed by atoms with E-state index in [0.29, 0.717) is 0 Å². The van der Waals surface area contributed by atoms with Crippen molar-refractivity contribution < 1.29 is 0 Å². The van der Waals surface area contributed by atoms with Crippen LogP contribution in [0.15, 0.2) is 137 Å². The molecule has 0 unspecified atom stereocenters. The number of rotatable bonds is 3. The molecule has 8 aromatic rings. The molecule has 0 amide bonds. The smallest absolute Gasteiger partial charge is 0.108 e. The van der Waals surface area contributed by atoms with Crippen LogP contribution in [-0.4, -0.2) is 14.1 Å². The molecule has 0 N–H and O–H groups in total. The SMILES string of the molecule is Brc1cc(-c2c3c(cc4c5ccccc5n(-c5ccccc5)c24)c2ccccc2n3-c2ccccc2)cc(Br)n1. The zero-order chi connectivity index (χ0) is 26.8. The Morgan fingerprint density at radius 1 is 0.450 bits per heavy atom. The van der Waals surface area contributed by atoms with E-state index in [9.17, 15) is 0 Å². The molecule has 0 fully saturated rings. The topological polar surface area (TPSA) is 22.8 Å². The summed E-state index contributed by atoms with van der Waals surface area (Å²) in [5.41, 5.74) is 9.21. The van der Waals surface area contributed by atoms with E-state index in [2.05, 4.69) is 173 Å². The lowest BCUT2D eigenvalue weighted by Gasteiger charge is -2.16. The summed E-state index contributed by atoms with van der Waals surface area (Å²) in [5, 5.41) is 4.91. The number of nitrogens with zero attached hydrogens (tertiary/aromatic N) is 3. The summed E-state index contributed by atoms with van der Waals surface area (Å²) in [7, 11) is 0. The summed E-state index contributed by atoms with van der Waals surface area (Å²) in [6.45, 7) is 0. The van der Waals surface area contributed by atoms with Crippen molar-refractivity contribution in [1.82, 2.24) is 14.1 Å². The number of benzene rings is 5. The highest BCUT2D eigenvalue weighted by atomic mass is 79.9. The molecule has 0 aliphatic carbocycles. The number of para-hydroxylation sites is 4. The van der Waals surface area contributed by atoms with Gasteiger partial charge in [-0.1, -0.05) is 72.8 Å². The molecular formula is C35H21Br2N3.